The number of rotatable bonds is 6. The van der Waals surface area contributed by atoms with Gasteiger partial charge in [0.15, 0.2) is 0 Å². The molecular weight excluding hydrogens is 184 g/mol. The number of carboxylic acid groups (broad SMARTS) is 1. The van der Waals surface area contributed by atoms with Crippen LogP contribution in [0.5, 0.6) is 0 Å². The molecule has 1 aliphatic rings. The second-order valence-electron chi connectivity index (χ2n) is 3.92. The van der Waals surface area contributed by atoms with Gasteiger partial charge in [0.05, 0.1) is 0 Å². The zero-order chi connectivity index (χ0) is 10.8. The monoisotopic (exact) mass is 200 g/mol. The van der Waals surface area contributed by atoms with Crippen LogP contribution in [0, 0.1) is 5.92 Å². The van der Waals surface area contributed by atoms with Gasteiger partial charge in [-0.25, -0.2) is 0 Å². The van der Waals surface area contributed by atoms with E-state index in [1.165, 1.54) is 0 Å². The van der Waals surface area contributed by atoms with Crippen molar-refractivity contribution in [1.29, 1.82) is 0 Å². The van der Waals surface area contributed by atoms with Crippen molar-refractivity contribution in [2.45, 2.75) is 31.7 Å². The fraction of sp³-hybridized carbons (Fsp3) is 0.778. The van der Waals surface area contributed by atoms with Gasteiger partial charge in [-0.3, -0.25) is 9.59 Å². The number of nitrogens with two attached hydrogens (primary N) is 1. The second-order valence-corrected chi connectivity index (χ2v) is 3.92. The van der Waals surface area contributed by atoms with Gasteiger partial charge >= 0.3 is 5.97 Å². The number of aliphatic carboxylic acids is 1. The molecule has 5 nitrogen and oxygen atoms in total. The summed E-state index contributed by atoms with van der Waals surface area (Å²) in [5, 5.41) is 11.9. The first-order valence-corrected chi connectivity index (χ1v) is 4.73. The highest BCUT2D eigenvalue weighted by Crippen LogP contribution is 2.39. The molecule has 0 aromatic carbocycles. The quantitative estimate of drug-likeness (QED) is 0.549. The van der Waals surface area contributed by atoms with Crippen LogP contribution in [0.1, 0.15) is 26.2 Å². The summed E-state index contributed by atoms with van der Waals surface area (Å²) >= 11 is 0. The third kappa shape index (κ3) is 2.45. The molecule has 1 saturated carbocycles. The number of amides is 1. The number of carbonyl (C=O) groups excluding carboxylic acids is 1. The normalized spacial score (nSPS) is 20.1. The van der Waals surface area contributed by atoms with Crippen molar-refractivity contribution in [3.05, 3.63) is 0 Å². The molecule has 0 aromatic heterocycles. The minimum Gasteiger partial charge on any atom is -0.480 e. The van der Waals surface area contributed by atoms with E-state index in [4.69, 9.17) is 10.8 Å². The summed E-state index contributed by atoms with van der Waals surface area (Å²) in [7, 11) is 0. The number of hydrogen-bond donors (Lipinski definition) is 3. The Hall–Kier alpha value is -1.10. The molecule has 80 valence electrons. The molecule has 0 saturated heterocycles. The summed E-state index contributed by atoms with van der Waals surface area (Å²) in [6, 6.07) is 0. The van der Waals surface area contributed by atoms with Crippen molar-refractivity contribution in [2.75, 3.05) is 6.54 Å². The van der Waals surface area contributed by atoms with Crippen LogP contribution in [-0.2, 0) is 9.59 Å². The Morgan fingerprint density at radius 1 is 1.57 bits per heavy atom. The van der Waals surface area contributed by atoms with Crippen LogP contribution in [0.25, 0.3) is 0 Å². The maximum absolute atomic E-state index is 11.0. The van der Waals surface area contributed by atoms with Gasteiger partial charge in [0.25, 0.3) is 0 Å². The van der Waals surface area contributed by atoms with Gasteiger partial charge in [0.1, 0.15) is 5.54 Å². The molecule has 1 aliphatic carbocycles. The molecule has 5 heteroatoms. The summed E-state index contributed by atoms with van der Waals surface area (Å²) in [4.78, 5) is 21.5. The second kappa shape index (κ2) is 3.96. The summed E-state index contributed by atoms with van der Waals surface area (Å²) in [6.45, 7) is 1.99. The number of hydrogen-bond acceptors (Lipinski definition) is 3. The summed E-state index contributed by atoms with van der Waals surface area (Å²) < 4.78 is 0. The van der Waals surface area contributed by atoms with Crippen molar-refractivity contribution in [3.8, 4) is 0 Å². The van der Waals surface area contributed by atoms with Crippen LogP contribution < -0.4 is 11.1 Å². The number of carboxylic acids is 1. The van der Waals surface area contributed by atoms with Gasteiger partial charge < -0.3 is 16.2 Å². The van der Waals surface area contributed by atoms with E-state index in [9.17, 15) is 9.59 Å². The van der Waals surface area contributed by atoms with Crippen LogP contribution in [0.2, 0.25) is 0 Å². The highest BCUT2D eigenvalue weighted by molar-refractivity contribution is 5.79. The zero-order valence-corrected chi connectivity index (χ0v) is 8.25. The lowest BCUT2D eigenvalue weighted by atomic mass is 9.96. The minimum atomic E-state index is -0.893. The number of carbonyl (C=O) groups is 2. The van der Waals surface area contributed by atoms with Gasteiger partial charge in [-0.15, -0.1) is 0 Å². The molecule has 1 atom stereocenters. The van der Waals surface area contributed by atoms with Crippen LogP contribution in [0.4, 0.5) is 0 Å². The Balaban J connectivity index is 2.43. The molecule has 0 aromatic rings. The largest absolute Gasteiger partial charge is 0.480 e. The Morgan fingerprint density at radius 2 is 2.14 bits per heavy atom. The van der Waals surface area contributed by atoms with Gasteiger partial charge in [0, 0.05) is 13.0 Å². The van der Waals surface area contributed by atoms with Crippen molar-refractivity contribution < 1.29 is 14.7 Å². The first-order chi connectivity index (χ1) is 6.47. The van der Waals surface area contributed by atoms with Crippen molar-refractivity contribution in [2.24, 2.45) is 11.7 Å². The van der Waals surface area contributed by atoms with Gasteiger partial charge in [-0.05, 0) is 25.7 Å². The highest BCUT2D eigenvalue weighted by atomic mass is 16.4. The lowest BCUT2D eigenvalue weighted by Gasteiger charge is -2.25. The molecule has 1 amide bonds. The maximum atomic E-state index is 11.0. The molecule has 4 N–H and O–H groups in total. The average Bonchev–Trinajstić information content (AvgIpc) is 2.84. The number of primary amides is 1. The van der Waals surface area contributed by atoms with Crippen molar-refractivity contribution >= 4 is 11.9 Å². The first-order valence-electron chi connectivity index (χ1n) is 4.73. The smallest absolute Gasteiger partial charge is 0.323 e. The van der Waals surface area contributed by atoms with Crippen LogP contribution >= 0.6 is 0 Å². The first kappa shape index (κ1) is 11.0. The molecule has 0 heterocycles. The summed E-state index contributed by atoms with van der Waals surface area (Å²) in [5.41, 5.74) is 4.07. The number of nitrogens with one attached hydrogen (secondary N) is 1. The van der Waals surface area contributed by atoms with E-state index >= 15 is 0 Å². The summed E-state index contributed by atoms with van der Waals surface area (Å²) in [5.74, 6) is -1.08. The van der Waals surface area contributed by atoms with Gasteiger partial charge in [-0.1, -0.05) is 0 Å². The average molecular weight is 200 g/mol. The molecule has 14 heavy (non-hydrogen) atoms. The molecule has 0 aliphatic heterocycles. The highest BCUT2D eigenvalue weighted by Gasteiger charge is 2.46. The predicted molar refractivity (Wildman–Crippen MR) is 50.6 cm³/mol. The lowest BCUT2D eigenvalue weighted by Crippen LogP contribution is -2.52. The molecule has 0 bridgehead atoms. The summed E-state index contributed by atoms with van der Waals surface area (Å²) in [6.07, 6.45) is 2.05. The van der Waals surface area contributed by atoms with E-state index in [0.29, 0.717) is 6.54 Å². The van der Waals surface area contributed by atoms with Crippen molar-refractivity contribution in [3.63, 3.8) is 0 Å². The van der Waals surface area contributed by atoms with E-state index in [-0.39, 0.29) is 12.3 Å². The van der Waals surface area contributed by atoms with E-state index in [0.717, 1.165) is 12.8 Å². The molecule has 1 unspecified atom stereocenters. The SMILES string of the molecule is CC(NCCC(N)=O)(C(=O)O)C1CC1. The van der Waals surface area contributed by atoms with E-state index in [1.54, 1.807) is 6.92 Å². The van der Waals surface area contributed by atoms with Crippen LogP contribution in [0.15, 0.2) is 0 Å². The Morgan fingerprint density at radius 3 is 2.50 bits per heavy atom. The molecule has 0 spiro atoms. The lowest BCUT2D eigenvalue weighted by molar-refractivity contribution is -0.145. The fourth-order valence-corrected chi connectivity index (χ4v) is 1.50. The third-order valence-electron chi connectivity index (χ3n) is 2.70. The van der Waals surface area contributed by atoms with Gasteiger partial charge in [-0.2, -0.15) is 0 Å². The van der Waals surface area contributed by atoms with E-state index < -0.39 is 17.4 Å². The zero-order valence-electron chi connectivity index (χ0n) is 8.25. The van der Waals surface area contributed by atoms with Crippen LogP contribution in [-0.4, -0.2) is 29.1 Å². The molecule has 1 rings (SSSR count). The standard InChI is InChI=1S/C9H16N2O3/c1-9(8(13)14,6-2-3-6)11-5-4-7(10)12/h6,11H,2-5H2,1H3,(H2,10,12)(H,13,14). The molecular formula is C9H16N2O3. The van der Waals surface area contributed by atoms with E-state index in [1.807, 2.05) is 0 Å². The van der Waals surface area contributed by atoms with Crippen LogP contribution in [0.3, 0.4) is 0 Å². The van der Waals surface area contributed by atoms with Gasteiger partial charge in [0.2, 0.25) is 5.91 Å². The topological polar surface area (TPSA) is 92.4 Å². The predicted octanol–water partition coefficient (Wildman–Crippen LogP) is -0.295. The Labute approximate surface area is 82.7 Å². The third-order valence-corrected chi connectivity index (χ3v) is 2.70. The maximum Gasteiger partial charge on any atom is 0.323 e. The molecule has 1 fully saturated rings. The Kier molecular flexibility index (Phi) is 3.10. The van der Waals surface area contributed by atoms with E-state index in [2.05, 4.69) is 5.32 Å². The van der Waals surface area contributed by atoms with Crippen molar-refractivity contribution in [1.82, 2.24) is 5.32 Å². The minimum absolute atomic E-state index is 0.176. The Bertz CT molecular complexity index is 250. The molecule has 0 radical (unpaired) electrons. The fourth-order valence-electron chi connectivity index (χ4n) is 1.50.